The lowest BCUT2D eigenvalue weighted by atomic mass is 10.2. The molecular weight excluding hydrogens is 292 g/mol. The molecule has 0 bridgehead atoms. The van der Waals surface area contributed by atoms with Gasteiger partial charge in [-0.15, -0.1) is 5.92 Å². The fourth-order valence-electron chi connectivity index (χ4n) is 2.39. The first-order chi connectivity index (χ1) is 11.0. The Morgan fingerprint density at radius 1 is 1.77 bits per heavy atom. The SMILES string of the molecule is [2H]CC(=O)O[C@H]1CC(n2cc(C#CC)cc2[N+](=O)[O-])O[C@@H]1CO. The highest BCUT2D eigenvalue weighted by Gasteiger charge is 2.41. The van der Waals surface area contributed by atoms with Gasteiger partial charge >= 0.3 is 11.8 Å². The van der Waals surface area contributed by atoms with Crippen LogP contribution in [0, 0.1) is 22.0 Å². The second kappa shape index (κ2) is 6.60. The summed E-state index contributed by atoms with van der Waals surface area (Å²) in [7, 11) is 0. The van der Waals surface area contributed by atoms with E-state index in [2.05, 4.69) is 11.8 Å². The Balaban J connectivity index is 2.26. The standard InChI is InChI=1S/C14H16N2O6/c1-3-4-10-5-13(16(19)20)15(7-10)14-6-11(21-9(2)18)12(8-17)22-14/h5,7,11-12,14,17H,6,8H2,1-2H3/t11-,12+,14?/m0/s1/i2D. The van der Waals surface area contributed by atoms with Crippen molar-refractivity contribution >= 4 is 11.8 Å². The lowest BCUT2D eigenvalue weighted by Crippen LogP contribution is -2.29. The molecule has 1 aliphatic rings. The van der Waals surface area contributed by atoms with Crippen LogP contribution in [0.1, 0.15) is 33.4 Å². The summed E-state index contributed by atoms with van der Waals surface area (Å²) in [6, 6.07) is 1.33. The fraction of sp³-hybridized carbons (Fsp3) is 0.500. The number of esters is 1. The first-order valence-electron chi connectivity index (χ1n) is 7.25. The van der Waals surface area contributed by atoms with Crippen LogP contribution in [0.3, 0.4) is 0 Å². The number of carbonyl (C=O) groups is 1. The summed E-state index contributed by atoms with van der Waals surface area (Å²) < 4.78 is 18.9. The molecule has 22 heavy (non-hydrogen) atoms. The normalized spacial score (nSPS) is 24.3. The number of hydrogen-bond acceptors (Lipinski definition) is 6. The first-order valence-corrected chi connectivity index (χ1v) is 6.54. The van der Waals surface area contributed by atoms with Crippen LogP contribution in [0.15, 0.2) is 12.3 Å². The van der Waals surface area contributed by atoms with Crippen molar-refractivity contribution in [1.82, 2.24) is 4.57 Å². The van der Waals surface area contributed by atoms with Crippen LogP contribution < -0.4 is 0 Å². The molecule has 0 spiro atoms. The number of carbonyl (C=O) groups excluding carboxylic acids is 1. The number of aromatic nitrogens is 1. The smallest absolute Gasteiger partial charge is 0.326 e. The molecule has 3 atom stereocenters. The Kier molecular flexibility index (Phi) is 4.37. The number of nitrogens with zero attached hydrogens (tertiary/aromatic N) is 2. The lowest BCUT2D eigenvalue weighted by molar-refractivity contribution is -0.393. The average Bonchev–Trinajstić information content (AvgIpc) is 3.11. The molecule has 0 aromatic carbocycles. The highest BCUT2D eigenvalue weighted by atomic mass is 16.6. The lowest BCUT2D eigenvalue weighted by Gasteiger charge is -2.14. The van der Waals surface area contributed by atoms with E-state index in [9.17, 15) is 20.0 Å². The molecule has 0 radical (unpaired) electrons. The van der Waals surface area contributed by atoms with Crippen LogP contribution >= 0.6 is 0 Å². The largest absolute Gasteiger partial charge is 0.459 e. The Morgan fingerprint density at radius 2 is 2.55 bits per heavy atom. The third kappa shape index (κ3) is 3.27. The van der Waals surface area contributed by atoms with Crippen molar-refractivity contribution in [2.45, 2.75) is 38.7 Å². The van der Waals surface area contributed by atoms with Crippen molar-refractivity contribution in [3.05, 3.63) is 27.9 Å². The van der Waals surface area contributed by atoms with Gasteiger partial charge in [0.05, 0.1) is 24.7 Å². The summed E-state index contributed by atoms with van der Waals surface area (Å²) in [6.07, 6.45) is -0.680. The molecule has 0 saturated carbocycles. The van der Waals surface area contributed by atoms with E-state index in [0.717, 1.165) is 0 Å². The number of ether oxygens (including phenoxy) is 2. The van der Waals surface area contributed by atoms with E-state index in [4.69, 9.17) is 10.8 Å². The van der Waals surface area contributed by atoms with Gasteiger partial charge in [-0.3, -0.25) is 4.79 Å². The summed E-state index contributed by atoms with van der Waals surface area (Å²) in [6.45, 7) is 0.676. The Labute approximate surface area is 128 Å². The van der Waals surface area contributed by atoms with E-state index in [-0.39, 0.29) is 12.2 Å². The number of hydrogen-bond donors (Lipinski definition) is 1. The van der Waals surface area contributed by atoms with E-state index >= 15 is 0 Å². The number of aliphatic hydroxyl groups is 1. The predicted octanol–water partition coefficient (Wildman–Crippen LogP) is 0.979. The van der Waals surface area contributed by atoms with Crippen LogP contribution in [0.2, 0.25) is 0 Å². The zero-order valence-electron chi connectivity index (χ0n) is 12.9. The van der Waals surface area contributed by atoms with E-state index in [0.29, 0.717) is 5.56 Å². The zero-order valence-corrected chi connectivity index (χ0v) is 11.9. The minimum Gasteiger partial charge on any atom is -0.459 e. The van der Waals surface area contributed by atoms with E-state index in [1.807, 2.05) is 0 Å². The monoisotopic (exact) mass is 309 g/mol. The molecule has 1 aliphatic heterocycles. The molecule has 1 aromatic heterocycles. The Bertz CT molecular complexity index is 662. The van der Waals surface area contributed by atoms with Gasteiger partial charge in [-0.1, -0.05) is 5.92 Å². The van der Waals surface area contributed by atoms with Crippen molar-refractivity contribution in [3.8, 4) is 11.8 Å². The summed E-state index contributed by atoms with van der Waals surface area (Å²) in [4.78, 5) is 21.9. The number of aliphatic hydroxyl groups excluding tert-OH is 1. The highest BCUT2D eigenvalue weighted by Crippen LogP contribution is 2.34. The summed E-state index contributed by atoms with van der Waals surface area (Å²) in [5, 5.41) is 20.5. The van der Waals surface area contributed by atoms with Crippen molar-refractivity contribution < 1.29 is 25.7 Å². The molecule has 1 saturated heterocycles. The average molecular weight is 309 g/mol. The maximum Gasteiger partial charge on any atom is 0.326 e. The van der Waals surface area contributed by atoms with Crippen LogP contribution in [-0.2, 0) is 14.3 Å². The van der Waals surface area contributed by atoms with Crippen molar-refractivity contribution in [2.24, 2.45) is 0 Å². The maximum absolute atomic E-state index is 11.3. The zero-order chi connectivity index (χ0) is 17.0. The summed E-state index contributed by atoms with van der Waals surface area (Å²) in [5.41, 5.74) is 0.468. The van der Waals surface area contributed by atoms with Crippen molar-refractivity contribution in [3.63, 3.8) is 0 Å². The third-order valence-corrected chi connectivity index (χ3v) is 3.24. The minimum absolute atomic E-state index is 0.144. The van der Waals surface area contributed by atoms with Gasteiger partial charge in [-0.25, -0.2) is 4.57 Å². The van der Waals surface area contributed by atoms with Gasteiger partial charge in [0.2, 0.25) is 6.23 Å². The molecule has 1 N–H and O–H groups in total. The second-order valence-electron chi connectivity index (χ2n) is 4.70. The molecule has 8 nitrogen and oxygen atoms in total. The molecule has 1 unspecified atom stereocenters. The van der Waals surface area contributed by atoms with E-state index < -0.39 is 42.8 Å². The molecule has 2 heterocycles. The molecule has 1 fully saturated rings. The van der Waals surface area contributed by atoms with Gasteiger partial charge in [0.25, 0.3) is 0 Å². The number of nitro groups is 1. The minimum atomic E-state index is -0.793. The topological polar surface area (TPSA) is 104 Å². The molecule has 118 valence electrons. The molecule has 0 aliphatic carbocycles. The quantitative estimate of drug-likeness (QED) is 0.385. The third-order valence-electron chi connectivity index (χ3n) is 3.24. The maximum atomic E-state index is 11.3. The highest BCUT2D eigenvalue weighted by molar-refractivity contribution is 5.66. The Hall–Kier alpha value is -2.37. The fourth-order valence-corrected chi connectivity index (χ4v) is 2.39. The van der Waals surface area contributed by atoms with Gasteiger partial charge in [0.15, 0.2) is 0 Å². The van der Waals surface area contributed by atoms with Gasteiger partial charge in [-0.2, -0.15) is 0 Å². The molecule has 0 amide bonds. The number of rotatable bonds is 4. The van der Waals surface area contributed by atoms with Crippen LogP contribution in [0.25, 0.3) is 0 Å². The van der Waals surface area contributed by atoms with Gasteiger partial charge in [0, 0.05) is 8.27 Å². The van der Waals surface area contributed by atoms with Crippen molar-refractivity contribution in [2.75, 3.05) is 6.61 Å². The van der Waals surface area contributed by atoms with E-state index in [1.165, 1.54) is 16.8 Å². The van der Waals surface area contributed by atoms with Gasteiger partial charge in [-0.05, 0) is 11.8 Å². The predicted molar refractivity (Wildman–Crippen MR) is 74.8 cm³/mol. The van der Waals surface area contributed by atoms with Gasteiger partial charge < -0.3 is 24.7 Å². The molecule has 1 aromatic rings. The van der Waals surface area contributed by atoms with Crippen molar-refractivity contribution in [1.29, 1.82) is 0 Å². The Morgan fingerprint density at radius 3 is 3.14 bits per heavy atom. The van der Waals surface area contributed by atoms with Crippen LogP contribution in [-0.4, -0.2) is 39.4 Å². The van der Waals surface area contributed by atoms with Crippen LogP contribution in [0.5, 0.6) is 0 Å². The molecule has 8 heteroatoms. The molecule has 2 rings (SSSR count). The van der Waals surface area contributed by atoms with E-state index in [1.54, 1.807) is 6.92 Å². The molecular formula is C14H16N2O6. The summed E-state index contributed by atoms with van der Waals surface area (Å²) >= 11 is 0. The van der Waals surface area contributed by atoms with Gasteiger partial charge in [0.1, 0.15) is 18.4 Å². The second-order valence-corrected chi connectivity index (χ2v) is 4.70. The first kappa shape index (κ1) is 14.6. The summed E-state index contributed by atoms with van der Waals surface area (Å²) in [5.74, 6) is 4.46. The van der Waals surface area contributed by atoms with Crippen LogP contribution in [0.4, 0.5) is 5.82 Å².